The predicted octanol–water partition coefficient (Wildman–Crippen LogP) is 5.74. The lowest BCUT2D eigenvalue weighted by atomic mass is 10.1. The van der Waals surface area contributed by atoms with Crippen LogP contribution in [-0.4, -0.2) is 35.0 Å². The standard InChI is InChI=1S/C25H24FN3O4/c1-3-13-29(14-4-2)25(31)23-22(18-7-5-6-8-20(18)32-23)27-24(30)19-15-21(33-28-19)16-9-11-17(26)12-10-16/h5-12,15H,3-4,13-14H2,1-2H3,(H,27,30). The molecule has 1 N–H and O–H groups in total. The van der Waals surface area contributed by atoms with Crippen LogP contribution in [-0.2, 0) is 0 Å². The SMILES string of the molecule is CCCN(CCC)C(=O)c1oc2ccccc2c1NC(=O)c1cc(-c2ccc(F)cc2)on1. The Labute approximate surface area is 190 Å². The quantitative estimate of drug-likeness (QED) is 0.370. The van der Waals surface area contributed by atoms with Gasteiger partial charge in [-0.25, -0.2) is 4.39 Å². The minimum atomic E-state index is -0.551. The molecule has 0 aliphatic carbocycles. The van der Waals surface area contributed by atoms with Gasteiger partial charge in [-0.15, -0.1) is 0 Å². The Bertz CT molecular complexity index is 1270. The number of amides is 2. The largest absolute Gasteiger partial charge is 0.449 e. The summed E-state index contributed by atoms with van der Waals surface area (Å²) in [4.78, 5) is 28.0. The van der Waals surface area contributed by atoms with Crippen LogP contribution in [0.25, 0.3) is 22.3 Å². The van der Waals surface area contributed by atoms with Gasteiger partial charge in [-0.05, 0) is 49.2 Å². The molecule has 0 radical (unpaired) electrons. The van der Waals surface area contributed by atoms with Crippen LogP contribution < -0.4 is 5.32 Å². The second kappa shape index (κ2) is 9.68. The van der Waals surface area contributed by atoms with Crippen molar-refractivity contribution in [2.75, 3.05) is 18.4 Å². The summed E-state index contributed by atoms with van der Waals surface area (Å²) < 4.78 is 24.3. The summed E-state index contributed by atoms with van der Waals surface area (Å²) in [5, 5.41) is 7.23. The summed E-state index contributed by atoms with van der Waals surface area (Å²) in [6.45, 7) is 5.17. The molecule has 0 fully saturated rings. The van der Waals surface area contributed by atoms with Gasteiger partial charge in [-0.1, -0.05) is 31.1 Å². The van der Waals surface area contributed by atoms with Crippen molar-refractivity contribution in [1.82, 2.24) is 10.1 Å². The number of benzene rings is 2. The molecule has 0 aliphatic rings. The number of para-hydroxylation sites is 1. The molecule has 7 nitrogen and oxygen atoms in total. The number of furan rings is 1. The molecule has 8 heteroatoms. The summed E-state index contributed by atoms with van der Waals surface area (Å²) in [5.41, 5.74) is 1.40. The highest BCUT2D eigenvalue weighted by Gasteiger charge is 2.27. The molecular formula is C25H24FN3O4. The monoisotopic (exact) mass is 449 g/mol. The number of aromatic nitrogens is 1. The van der Waals surface area contributed by atoms with Gasteiger partial charge in [-0.2, -0.15) is 0 Å². The maximum absolute atomic E-state index is 13.3. The van der Waals surface area contributed by atoms with Crippen LogP contribution in [0.2, 0.25) is 0 Å². The van der Waals surface area contributed by atoms with E-state index in [-0.39, 0.29) is 23.2 Å². The summed E-state index contributed by atoms with van der Waals surface area (Å²) in [5.74, 6) is -0.803. The first-order valence-electron chi connectivity index (χ1n) is 10.9. The second-order valence-corrected chi connectivity index (χ2v) is 7.63. The van der Waals surface area contributed by atoms with Crippen molar-refractivity contribution in [2.24, 2.45) is 0 Å². The first kappa shape index (κ1) is 22.3. The summed E-state index contributed by atoms with van der Waals surface area (Å²) in [6, 6.07) is 14.3. The molecule has 2 heterocycles. The van der Waals surface area contributed by atoms with Crippen molar-refractivity contribution in [2.45, 2.75) is 26.7 Å². The number of carbonyl (C=O) groups excluding carboxylic acids is 2. The Morgan fingerprint density at radius 2 is 1.73 bits per heavy atom. The highest BCUT2D eigenvalue weighted by atomic mass is 19.1. The van der Waals surface area contributed by atoms with Crippen LogP contribution in [0, 0.1) is 5.82 Å². The Morgan fingerprint density at radius 1 is 1.03 bits per heavy atom. The molecule has 0 atom stereocenters. The summed E-state index contributed by atoms with van der Waals surface area (Å²) in [6.07, 6.45) is 1.61. The fourth-order valence-electron chi connectivity index (χ4n) is 3.63. The Kier molecular flexibility index (Phi) is 6.53. The second-order valence-electron chi connectivity index (χ2n) is 7.63. The fraction of sp³-hybridized carbons (Fsp3) is 0.240. The molecular weight excluding hydrogens is 425 g/mol. The predicted molar refractivity (Wildman–Crippen MR) is 123 cm³/mol. The third kappa shape index (κ3) is 4.64. The molecule has 170 valence electrons. The lowest BCUT2D eigenvalue weighted by Crippen LogP contribution is -2.32. The molecule has 0 bridgehead atoms. The van der Waals surface area contributed by atoms with Crippen LogP contribution in [0.3, 0.4) is 0 Å². The molecule has 2 aromatic heterocycles. The summed E-state index contributed by atoms with van der Waals surface area (Å²) in [7, 11) is 0. The molecule has 0 spiro atoms. The van der Waals surface area contributed by atoms with E-state index in [1.807, 2.05) is 13.8 Å². The maximum Gasteiger partial charge on any atom is 0.291 e. The van der Waals surface area contributed by atoms with Gasteiger partial charge < -0.3 is 19.2 Å². The highest BCUT2D eigenvalue weighted by Crippen LogP contribution is 2.32. The number of rotatable bonds is 8. The van der Waals surface area contributed by atoms with Crippen molar-refractivity contribution in [1.29, 1.82) is 0 Å². The normalized spacial score (nSPS) is 11.0. The Balaban J connectivity index is 1.65. The zero-order chi connectivity index (χ0) is 23.4. The van der Waals surface area contributed by atoms with E-state index in [4.69, 9.17) is 8.94 Å². The molecule has 0 saturated heterocycles. The maximum atomic E-state index is 13.3. The van der Waals surface area contributed by atoms with Gasteiger partial charge in [0, 0.05) is 30.1 Å². The fourth-order valence-corrected chi connectivity index (χ4v) is 3.63. The van der Waals surface area contributed by atoms with Crippen molar-refractivity contribution in [3.05, 3.63) is 71.9 Å². The van der Waals surface area contributed by atoms with Crippen LogP contribution in [0.15, 0.2) is 63.5 Å². The zero-order valence-corrected chi connectivity index (χ0v) is 18.4. The van der Waals surface area contributed by atoms with E-state index in [9.17, 15) is 14.0 Å². The van der Waals surface area contributed by atoms with E-state index < -0.39 is 5.91 Å². The Morgan fingerprint density at radius 3 is 2.42 bits per heavy atom. The molecule has 0 saturated carbocycles. The van der Waals surface area contributed by atoms with Crippen molar-refractivity contribution >= 4 is 28.5 Å². The number of hydrogen-bond donors (Lipinski definition) is 1. The molecule has 2 amide bonds. The van der Waals surface area contributed by atoms with E-state index in [1.165, 1.54) is 30.3 Å². The average molecular weight is 449 g/mol. The third-order valence-corrected chi connectivity index (χ3v) is 5.17. The van der Waals surface area contributed by atoms with Crippen molar-refractivity contribution < 1.29 is 22.9 Å². The van der Waals surface area contributed by atoms with Crippen molar-refractivity contribution in [3.8, 4) is 11.3 Å². The van der Waals surface area contributed by atoms with Gasteiger partial charge in [0.25, 0.3) is 11.8 Å². The Hall–Kier alpha value is -3.94. The van der Waals surface area contributed by atoms with E-state index in [0.717, 1.165) is 12.8 Å². The van der Waals surface area contributed by atoms with Crippen LogP contribution in [0.4, 0.5) is 10.1 Å². The van der Waals surface area contributed by atoms with E-state index in [1.54, 1.807) is 29.2 Å². The topological polar surface area (TPSA) is 88.6 Å². The smallest absolute Gasteiger partial charge is 0.291 e. The number of halogens is 1. The number of carbonyl (C=O) groups is 2. The van der Waals surface area contributed by atoms with Crippen LogP contribution >= 0.6 is 0 Å². The third-order valence-electron chi connectivity index (χ3n) is 5.17. The van der Waals surface area contributed by atoms with E-state index in [2.05, 4.69) is 10.5 Å². The molecule has 33 heavy (non-hydrogen) atoms. The lowest BCUT2D eigenvalue weighted by Gasteiger charge is -2.20. The average Bonchev–Trinajstić information content (AvgIpc) is 3.45. The number of hydrogen-bond acceptors (Lipinski definition) is 5. The van der Waals surface area contributed by atoms with Gasteiger partial charge in [0.15, 0.2) is 11.5 Å². The molecule has 4 rings (SSSR count). The van der Waals surface area contributed by atoms with Gasteiger partial charge in [0.2, 0.25) is 5.76 Å². The summed E-state index contributed by atoms with van der Waals surface area (Å²) >= 11 is 0. The number of nitrogens with zero attached hydrogens (tertiary/aromatic N) is 2. The first-order valence-corrected chi connectivity index (χ1v) is 10.9. The number of fused-ring (bicyclic) bond motifs is 1. The number of anilines is 1. The van der Waals surface area contributed by atoms with E-state index >= 15 is 0 Å². The molecule has 4 aromatic rings. The highest BCUT2D eigenvalue weighted by molar-refractivity contribution is 6.14. The van der Waals surface area contributed by atoms with Crippen molar-refractivity contribution in [3.63, 3.8) is 0 Å². The molecule has 2 aromatic carbocycles. The van der Waals surface area contributed by atoms with Crippen LogP contribution in [0.1, 0.15) is 47.7 Å². The van der Waals surface area contributed by atoms with Crippen LogP contribution in [0.5, 0.6) is 0 Å². The number of nitrogens with one attached hydrogen (secondary N) is 1. The first-order chi connectivity index (χ1) is 16.0. The van der Waals surface area contributed by atoms with Gasteiger partial charge in [0.1, 0.15) is 17.1 Å². The minimum Gasteiger partial charge on any atom is -0.449 e. The minimum absolute atomic E-state index is 0.0250. The van der Waals surface area contributed by atoms with Gasteiger partial charge in [0.05, 0.1) is 0 Å². The van der Waals surface area contributed by atoms with E-state index in [0.29, 0.717) is 41.1 Å². The molecule has 0 aliphatic heterocycles. The lowest BCUT2D eigenvalue weighted by molar-refractivity contribution is 0.0727. The van der Waals surface area contributed by atoms with Gasteiger partial charge >= 0.3 is 0 Å². The molecule has 0 unspecified atom stereocenters. The van der Waals surface area contributed by atoms with Gasteiger partial charge in [-0.3, -0.25) is 9.59 Å². The zero-order valence-electron chi connectivity index (χ0n) is 18.4.